The van der Waals surface area contributed by atoms with Crippen LogP contribution in [0.4, 0.5) is 17.1 Å². The Bertz CT molecular complexity index is 1740. The number of halogens is 7. The number of aliphatic hydroxyl groups excluding tert-OH is 1. The molecule has 0 saturated heterocycles. The fraction of sp³-hybridized carbons (Fsp3) is 0.413. The zero-order valence-electron chi connectivity index (χ0n) is 33.4. The summed E-state index contributed by atoms with van der Waals surface area (Å²) in [6.07, 6.45) is -0.486. The molecule has 19 heteroatoms. The summed E-state index contributed by atoms with van der Waals surface area (Å²) < 4.78 is 97.6. The zero-order chi connectivity index (χ0) is 46.2. The third-order valence-electron chi connectivity index (χ3n) is 6.13. The molecule has 376 valence electrons. The lowest BCUT2D eigenvalue weighted by molar-refractivity contribution is -0.140. The van der Waals surface area contributed by atoms with E-state index in [9.17, 15) is 40.2 Å². The maximum absolute atomic E-state index is 14.9. The van der Waals surface area contributed by atoms with Crippen LogP contribution in [0.25, 0.3) is 0 Å². The molecule has 0 aliphatic carbocycles. The third kappa shape index (κ3) is 39.0. The van der Waals surface area contributed by atoms with Crippen molar-refractivity contribution in [1.82, 2.24) is 0 Å². The molecule has 0 aromatic heterocycles. The molecule has 0 atom stereocenters. The van der Waals surface area contributed by atoms with Crippen molar-refractivity contribution in [1.29, 1.82) is 0 Å². The molecule has 0 saturated carbocycles. The van der Waals surface area contributed by atoms with Crippen LogP contribution < -0.4 is 0 Å². The number of hydrogen-bond acceptors (Lipinski definition) is 10. The van der Waals surface area contributed by atoms with E-state index in [2.05, 4.69) is 64.9 Å². The molecule has 65 heavy (non-hydrogen) atoms. The van der Waals surface area contributed by atoms with E-state index in [1.807, 2.05) is 0 Å². The van der Waals surface area contributed by atoms with E-state index in [1.165, 1.54) is 31.2 Å². The first-order valence-corrected chi connectivity index (χ1v) is 23.8. The highest BCUT2D eigenvalue weighted by molar-refractivity contribution is 14.1. The summed E-state index contributed by atoms with van der Waals surface area (Å²) in [7, 11) is -6.20. The highest BCUT2D eigenvalue weighted by atomic mass is 127. The molecule has 0 spiro atoms. The van der Waals surface area contributed by atoms with Gasteiger partial charge in [-0.15, -0.1) is 3.89 Å². The highest BCUT2D eigenvalue weighted by Crippen LogP contribution is 2.41. The molecule has 3 aromatic carbocycles. The fourth-order valence-electron chi connectivity index (χ4n) is 3.27. The van der Waals surface area contributed by atoms with Gasteiger partial charge in [-0.05, 0) is 75.2 Å². The fourth-order valence-corrected chi connectivity index (χ4v) is 7.03. The van der Waals surface area contributed by atoms with E-state index in [0.717, 1.165) is 8.86 Å². The Balaban J connectivity index is -0.000000144. The van der Waals surface area contributed by atoms with Gasteiger partial charge in [-0.1, -0.05) is 160 Å². The lowest BCUT2D eigenvalue weighted by Crippen LogP contribution is -2.33. The van der Waals surface area contributed by atoms with Crippen LogP contribution in [0, 0.1) is 0 Å². The van der Waals surface area contributed by atoms with Crippen LogP contribution >= 0.6 is 56.8 Å². The molecule has 1 N–H and O–H groups in total. The third-order valence-corrected chi connectivity index (χ3v) is 11.3. The number of carbonyl (C=O) groups excluding carboxylic acids is 3. The smallest absolute Gasteiger partial charge is 0.333 e. The van der Waals surface area contributed by atoms with Gasteiger partial charge in [0.15, 0.2) is 26.5 Å². The second kappa shape index (κ2) is 42.6. The van der Waals surface area contributed by atoms with Crippen LogP contribution in [0.15, 0.2) is 142 Å². The number of alkyl halides is 5. The lowest BCUT2D eigenvalue weighted by atomic mass is 10.2. The number of hydrogen-bond donors (Lipinski definition) is 1. The number of ether oxygens (including phenoxy) is 3. The molecule has 3 aromatic rings. The van der Waals surface area contributed by atoms with Crippen LogP contribution in [0.1, 0.15) is 70.7 Å². The molecule has 0 aliphatic heterocycles. The molecule has 0 radical (unpaired) electrons. The number of aliphatic hydroxyl groups is 1. The van der Waals surface area contributed by atoms with Crippen molar-refractivity contribution in [2.45, 2.75) is 91.4 Å². The highest BCUT2D eigenvalue weighted by Gasteiger charge is 2.41. The largest absolute Gasteiger partial charge is 0.739 e. The monoisotopic (exact) mass is 1210 g/mol. The van der Waals surface area contributed by atoms with E-state index in [4.69, 9.17) is 34.5 Å². The van der Waals surface area contributed by atoms with E-state index < -0.39 is 56.3 Å². The van der Waals surface area contributed by atoms with Crippen LogP contribution in [0.2, 0.25) is 0 Å². The molecule has 10 nitrogen and oxygen atoms in total. The molecular weight excluding hydrogens is 1140 g/mol. The predicted octanol–water partition coefficient (Wildman–Crippen LogP) is 13.4. The first kappa shape index (κ1) is 76.6. The van der Waals surface area contributed by atoms with Gasteiger partial charge in [-0.25, -0.2) is 27.0 Å². The number of rotatable bonds is 19. The first-order chi connectivity index (χ1) is 28.1. The maximum atomic E-state index is 14.9. The van der Waals surface area contributed by atoms with Gasteiger partial charge in [0.2, 0.25) is 16.4 Å². The number of carbonyl (C=O) groups is 3. The zero-order valence-corrected chi connectivity index (χ0v) is 40.1. The molecule has 0 amide bonds. The Morgan fingerprint density at radius 1 is 0.723 bits per heavy atom. The average Bonchev–Trinajstić information content (AvgIpc) is 3.23. The molecule has 0 unspecified atom stereocenters. The predicted molar refractivity (Wildman–Crippen MR) is 279 cm³/mol. The van der Waals surface area contributed by atoms with Gasteiger partial charge in [0.25, 0.3) is 5.92 Å². The number of allylic oxidation sites excluding steroid dienone is 1. The van der Waals surface area contributed by atoms with Crippen molar-refractivity contribution < 1.29 is 63.1 Å². The van der Waals surface area contributed by atoms with Gasteiger partial charge in [-0.3, -0.25) is 4.79 Å². The minimum absolute atomic E-state index is 0. The van der Waals surface area contributed by atoms with Crippen molar-refractivity contribution >= 4 is 95.2 Å². The SMILES string of the molecule is C.C.C.C.C.C=C(C)C(=O)Cl.C=C(C)C(=O)OCCI.C=C(C)C(=O)OCCOCCCC(F)(F)CF.O=S([O-])(F)(O[S+](c1ccccc1)c1ccccc1)c1ccccc1.OCCI. The van der Waals surface area contributed by atoms with Crippen LogP contribution in [0.3, 0.4) is 0 Å². The quantitative estimate of drug-likeness (QED) is 0.0180. The van der Waals surface area contributed by atoms with E-state index in [0.29, 0.717) is 34.2 Å². The Morgan fingerprint density at radius 2 is 1.09 bits per heavy atom. The second-order valence-corrected chi connectivity index (χ2v) is 18.1. The minimum Gasteiger partial charge on any atom is -0.739 e. The van der Waals surface area contributed by atoms with Crippen LogP contribution in [-0.4, -0.2) is 85.5 Å². The Hall–Kier alpha value is -2.70. The molecular formula is C46H71ClF4I2O10S2. The van der Waals surface area contributed by atoms with Gasteiger partial charge in [0, 0.05) is 38.6 Å². The average molecular weight is 1210 g/mol. The lowest BCUT2D eigenvalue weighted by Gasteiger charge is -2.35. The van der Waals surface area contributed by atoms with Gasteiger partial charge in [0.1, 0.15) is 13.2 Å². The summed E-state index contributed by atoms with van der Waals surface area (Å²) >= 11 is 7.70. The van der Waals surface area contributed by atoms with Gasteiger partial charge in [-0.2, -0.15) is 0 Å². The van der Waals surface area contributed by atoms with Crippen molar-refractivity contribution in [3.8, 4) is 0 Å². The topological polar surface area (TPSA) is 148 Å². The van der Waals surface area contributed by atoms with Gasteiger partial charge >= 0.3 is 11.9 Å². The second-order valence-electron chi connectivity index (χ2n) is 11.7. The van der Waals surface area contributed by atoms with Gasteiger partial charge < -0.3 is 23.9 Å². The van der Waals surface area contributed by atoms with E-state index >= 15 is 0 Å². The van der Waals surface area contributed by atoms with E-state index in [1.54, 1.807) is 80.6 Å². The van der Waals surface area contributed by atoms with E-state index in [-0.39, 0.29) is 74.9 Å². The molecule has 0 heterocycles. The Kier molecular flexibility index (Phi) is 50.2. The van der Waals surface area contributed by atoms with Crippen molar-refractivity contribution in [2.24, 2.45) is 0 Å². The van der Waals surface area contributed by atoms with Crippen LogP contribution in [0.5, 0.6) is 0 Å². The molecule has 0 aliphatic rings. The molecule has 0 fully saturated rings. The Morgan fingerprint density at radius 3 is 1.42 bits per heavy atom. The molecule has 0 bridgehead atoms. The first-order valence-electron chi connectivity index (χ1n) is 17.5. The van der Waals surface area contributed by atoms with Crippen molar-refractivity contribution in [2.75, 3.05) is 48.6 Å². The van der Waals surface area contributed by atoms with Gasteiger partial charge in [0.05, 0.1) is 18.1 Å². The standard InChI is InChI=1S/C18H15FO3S2.C11H17F3O3.C6H9IO2.C4H5ClO.C2H5IO.5CH4/c19-24(20,21,18-14-8-3-9-15-18)22-23(16-10-4-1-5-11-16)17-12-6-2-7-13-17;1-9(2)10(15)17-7-6-16-5-3-4-11(13,14)8-12;1-5(2)6(8)9-4-3-7;1-3(2)4(5)6;3-1-2-4;;;;;/h1-15H;1,3-8H2,2H3;1,3-4H2,2H3;1H2,2H3;4H,1-2H2;5*1H4. The van der Waals surface area contributed by atoms with Crippen LogP contribution in [-0.2, 0) is 53.4 Å². The summed E-state index contributed by atoms with van der Waals surface area (Å²) in [6.45, 7) is 14.2. The Labute approximate surface area is 422 Å². The van der Waals surface area contributed by atoms with Crippen molar-refractivity contribution in [3.05, 3.63) is 127 Å². The summed E-state index contributed by atoms with van der Waals surface area (Å²) in [5, 5.41) is 7.40. The molecule has 3 rings (SSSR count). The van der Waals surface area contributed by atoms with Crippen molar-refractivity contribution in [3.63, 3.8) is 0 Å². The maximum Gasteiger partial charge on any atom is 0.333 e. The number of benzene rings is 3. The minimum atomic E-state index is -6.20. The summed E-state index contributed by atoms with van der Waals surface area (Å²) in [5.41, 5.74) is 1.13. The number of esters is 2. The summed E-state index contributed by atoms with van der Waals surface area (Å²) in [4.78, 5) is 31.9. The normalized spacial score (nSPS) is 10.3. The summed E-state index contributed by atoms with van der Waals surface area (Å²) in [6, 6.07) is 24.3. The summed E-state index contributed by atoms with van der Waals surface area (Å²) in [5.74, 6) is -4.08.